The molecule has 0 bridgehead atoms. The number of rotatable bonds is 0. The summed E-state index contributed by atoms with van der Waals surface area (Å²) in [6.45, 7) is 0. The summed E-state index contributed by atoms with van der Waals surface area (Å²) in [6.07, 6.45) is -6.87. The highest BCUT2D eigenvalue weighted by atomic mass is 19.4. The molecular formula is C9H7F3N2O2. The fourth-order valence-corrected chi connectivity index (χ4v) is 1.76. The van der Waals surface area contributed by atoms with E-state index < -0.39 is 23.8 Å². The minimum atomic E-state index is -4.67. The van der Waals surface area contributed by atoms with Gasteiger partial charge in [-0.25, -0.2) is 0 Å². The number of aromatic nitrogens is 1. The van der Waals surface area contributed by atoms with Crippen molar-refractivity contribution in [3.05, 3.63) is 34.2 Å². The van der Waals surface area contributed by atoms with Crippen molar-refractivity contribution in [2.75, 3.05) is 7.05 Å². The predicted molar refractivity (Wildman–Crippen MR) is 47.9 cm³/mol. The van der Waals surface area contributed by atoms with E-state index >= 15 is 0 Å². The number of hydrogen-bond acceptors (Lipinski definition) is 2. The summed E-state index contributed by atoms with van der Waals surface area (Å²) in [4.78, 5) is 23.3. The van der Waals surface area contributed by atoms with Crippen LogP contribution in [0.3, 0.4) is 0 Å². The molecule has 2 heterocycles. The maximum absolute atomic E-state index is 12.7. The van der Waals surface area contributed by atoms with E-state index in [1.807, 2.05) is 0 Å². The lowest BCUT2D eigenvalue weighted by Crippen LogP contribution is -2.39. The molecule has 0 aliphatic carbocycles. The monoisotopic (exact) mass is 232 g/mol. The number of carbonyl (C=O) groups is 1. The molecule has 1 unspecified atom stereocenters. The first kappa shape index (κ1) is 10.7. The molecule has 16 heavy (non-hydrogen) atoms. The third kappa shape index (κ3) is 1.31. The molecule has 86 valence electrons. The molecule has 1 aliphatic rings. The fourth-order valence-electron chi connectivity index (χ4n) is 1.76. The van der Waals surface area contributed by atoms with Gasteiger partial charge in [0.1, 0.15) is 5.69 Å². The second kappa shape index (κ2) is 3.10. The van der Waals surface area contributed by atoms with Crippen LogP contribution in [0.2, 0.25) is 0 Å². The molecule has 0 saturated heterocycles. The Morgan fingerprint density at radius 3 is 2.44 bits per heavy atom. The van der Waals surface area contributed by atoms with E-state index in [-0.39, 0.29) is 5.69 Å². The maximum atomic E-state index is 12.7. The number of alkyl halides is 3. The van der Waals surface area contributed by atoms with Crippen LogP contribution in [-0.4, -0.2) is 28.6 Å². The molecule has 1 amide bonds. The van der Waals surface area contributed by atoms with E-state index in [9.17, 15) is 22.8 Å². The van der Waals surface area contributed by atoms with Crippen molar-refractivity contribution in [1.82, 2.24) is 9.47 Å². The van der Waals surface area contributed by atoms with Gasteiger partial charge in [-0.3, -0.25) is 14.2 Å². The van der Waals surface area contributed by atoms with Crippen molar-refractivity contribution < 1.29 is 18.0 Å². The Hall–Kier alpha value is -1.79. The lowest BCUT2D eigenvalue weighted by molar-refractivity contribution is -0.193. The Morgan fingerprint density at radius 1 is 1.25 bits per heavy atom. The quantitative estimate of drug-likeness (QED) is 0.669. The van der Waals surface area contributed by atoms with E-state index in [2.05, 4.69) is 0 Å². The Bertz CT molecular complexity index is 506. The number of carbonyl (C=O) groups excluding carboxylic acids is 1. The van der Waals surface area contributed by atoms with Gasteiger partial charge in [-0.2, -0.15) is 13.2 Å². The van der Waals surface area contributed by atoms with Crippen molar-refractivity contribution >= 4 is 5.91 Å². The lowest BCUT2D eigenvalue weighted by Gasteiger charge is -2.23. The van der Waals surface area contributed by atoms with E-state index in [1.54, 1.807) is 0 Å². The van der Waals surface area contributed by atoms with E-state index in [4.69, 9.17) is 0 Å². The first-order chi connectivity index (χ1) is 7.34. The smallest absolute Gasteiger partial charge is 0.312 e. The van der Waals surface area contributed by atoms with E-state index in [0.29, 0.717) is 9.47 Å². The van der Waals surface area contributed by atoms with Crippen LogP contribution < -0.4 is 5.56 Å². The molecule has 2 rings (SSSR count). The van der Waals surface area contributed by atoms with Gasteiger partial charge in [0.15, 0.2) is 0 Å². The Kier molecular flexibility index (Phi) is 2.08. The van der Waals surface area contributed by atoms with Crippen molar-refractivity contribution in [2.24, 2.45) is 0 Å². The molecule has 4 nitrogen and oxygen atoms in total. The predicted octanol–water partition coefficient (Wildman–Crippen LogP) is 0.995. The third-order valence-corrected chi connectivity index (χ3v) is 2.43. The van der Waals surface area contributed by atoms with Gasteiger partial charge < -0.3 is 4.90 Å². The highest BCUT2D eigenvalue weighted by molar-refractivity contribution is 5.94. The summed E-state index contributed by atoms with van der Waals surface area (Å²) >= 11 is 0. The molecule has 0 aromatic carbocycles. The average molecular weight is 232 g/mol. The lowest BCUT2D eigenvalue weighted by atomic mass is 10.3. The second-order valence-corrected chi connectivity index (χ2v) is 3.45. The zero-order valence-corrected chi connectivity index (χ0v) is 8.15. The van der Waals surface area contributed by atoms with Crippen LogP contribution in [0.4, 0.5) is 13.2 Å². The molecule has 7 heteroatoms. The molecule has 0 saturated carbocycles. The zero-order chi connectivity index (χ0) is 12.1. The average Bonchev–Trinajstić information content (AvgIpc) is 2.42. The first-order valence-corrected chi connectivity index (χ1v) is 4.39. The minimum Gasteiger partial charge on any atom is -0.312 e. The van der Waals surface area contributed by atoms with E-state index in [1.165, 1.54) is 12.1 Å². The number of nitrogens with zero attached hydrogens (tertiary/aromatic N) is 2. The van der Waals surface area contributed by atoms with Crippen molar-refractivity contribution in [1.29, 1.82) is 0 Å². The molecule has 1 atom stereocenters. The number of hydrogen-bond donors (Lipinski definition) is 0. The second-order valence-electron chi connectivity index (χ2n) is 3.45. The summed E-state index contributed by atoms with van der Waals surface area (Å²) in [7, 11) is 1.02. The normalized spacial score (nSPS) is 20.1. The van der Waals surface area contributed by atoms with Crippen LogP contribution in [0.5, 0.6) is 0 Å². The van der Waals surface area contributed by atoms with Crippen LogP contribution in [0.15, 0.2) is 23.0 Å². The fraction of sp³-hybridized carbons (Fsp3) is 0.333. The van der Waals surface area contributed by atoms with Gasteiger partial charge in [0.2, 0.25) is 6.17 Å². The molecule has 1 aliphatic heterocycles. The van der Waals surface area contributed by atoms with Crippen LogP contribution in [0.25, 0.3) is 0 Å². The van der Waals surface area contributed by atoms with Gasteiger partial charge in [-0.05, 0) is 6.07 Å². The number of halogens is 3. The number of fused-ring (bicyclic) bond motifs is 1. The van der Waals surface area contributed by atoms with Crippen LogP contribution >= 0.6 is 0 Å². The molecule has 0 fully saturated rings. The molecule has 1 aromatic rings. The maximum Gasteiger partial charge on any atom is 0.428 e. The van der Waals surface area contributed by atoms with Gasteiger partial charge in [0.05, 0.1) is 0 Å². The zero-order valence-electron chi connectivity index (χ0n) is 8.15. The Morgan fingerprint density at radius 2 is 1.88 bits per heavy atom. The Labute approximate surface area is 87.9 Å². The SMILES string of the molecule is CN1C(=O)c2cccc(=O)n2C1C(F)(F)F. The third-order valence-electron chi connectivity index (χ3n) is 2.43. The first-order valence-electron chi connectivity index (χ1n) is 4.39. The highest BCUT2D eigenvalue weighted by Crippen LogP contribution is 2.36. The van der Waals surface area contributed by atoms with Crippen LogP contribution in [0.1, 0.15) is 16.7 Å². The van der Waals surface area contributed by atoms with Crippen molar-refractivity contribution in [3.63, 3.8) is 0 Å². The van der Waals surface area contributed by atoms with Gasteiger partial charge in [0, 0.05) is 13.1 Å². The van der Waals surface area contributed by atoms with Crippen LogP contribution in [0, 0.1) is 0 Å². The minimum absolute atomic E-state index is 0.239. The summed E-state index contributed by atoms with van der Waals surface area (Å²) in [6, 6.07) is 3.46. The number of pyridine rings is 1. The molecule has 1 aromatic heterocycles. The van der Waals surface area contributed by atoms with Crippen LogP contribution in [-0.2, 0) is 0 Å². The molecule has 0 radical (unpaired) electrons. The standard InChI is InChI=1S/C9H7F3N2O2/c1-13-7(16)5-3-2-4-6(15)14(5)8(13)9(10,11)12/h2-4,8H,1H3. The summed E-state index contributed by atoms with van der Waals surface area (Å²) in [5, 5.41) is 0. The van der Waals surface area contributed by atoms with Crippen molar-refractivity contribution in [3.8, 4) is 0 Å². The largest absolute Gasteiger partial charge is 0.428 e. The highest BCUT2D eigenvalue weighted by Gasteiger charge is 2.51. The topological polar surface area (TPSA) is 42.3 Å². The van der Waals surface area contributed by atoms with Gasteiger partial charge in [0.25, 0.3) is 11.5 Å². The van der Waals surface area contributed by atoms with Gasteiger partial charge in [-0.15, -0.1) is 0 Å². The number of amides is 1. The molecule has 0 spiro atoms. The van der Waals surface area contributed by atoms with E-state index in [0.717, 1.165) is 13.1 Å². The Balaban J connectivity index is 2.70. The molecule has 0 N–H and O–H groups in total. The van der Waals surface area contributed by atoms with Crippen molar-refractivity contribution in [2.45, 2.75) is 12.3 Å². The summed E-state index contributed by atoms with van der Waals surface area (Å²) < 4.78 is 38.5. The summed E-state index contributed by atoms with van der Waals surface area (Å²) in [5.74, 6) is -0.806. The molecular weight excluding hydrogens is 225 g/mol. The van der Waals surface area contributed by atoms with Gasteiger partial charge in [-0.1, -0.05) is 6.07 Å². The van der Waals surface area contributed by atoms with Gasteiger partial charge >= 0.3 is 6.18 Å². The summed E-state index contributed by atoms with van der Waals surface area (Å²) in [5.41, 5.74) is -1.07.